The van der Waals surface area contributed by atoms with Crippen molar-refractivity contribution < 1.29 is 19.4 Å². The lowest BCUT2D eigenvalue weighted by Crippen LogP contribution is -2.42. The molecule has 0 aliphatic carbocycles. The van der Waals surface area contributed by atoms with Crippen molar-refractivity contribution in [2.24, 2.45) is 0 Å². The van der Waals surface area contributed by atoms with Crippen molar-refractivity contribution in [2.75, 3.05) is 7.11 Å². The third-order valence-electron chi connectivity index (χ3n) is 1.75. The van der Waals surface area contributed by atoms with E-state index in [0.29, 0.717) is 5.69 Å². The molecular weight excluding hydrogens is 202 g/mol. The summed E-state index contributed by atoms with van der Waals surface area (Å²) in [6.45, 7) is 0. The first kappa shape index (κ1) is 11.0. The van der Waals surface area contributed by atoms with E-state index in [-0.39, 0.29) is 6.42 Å². The lowest BCUT2D eigenvalue weighted by Gasteiger charge is -2.11. The van der Waals surface area contributed by atoms with Crippen LogP contribution < -0.4 is 5.32 Å². The van der Waals surface area contributed by atoms with Gasteiger partial charge >= 0.3 is 12.1 Å². The summed E-state index contributed by atoms with van der Waals surface area (Å²) in [5.41, 5.74) is 0.624. The number of imidazole rings is 1. The number of carbonyl (C=O) groups excluding carboxylic acids is 1. The van der Waals surface area contributed by atoms with E-state index in [1.165, 1.54) is 19.6 Å². The van der Waals surface area contributed by atoms with Crippen LogP contribution in [0.15, 0.2) is 12.5 Å². The highest BCUT2D eigenvalue weighted by Crippen LogP contribution is 1.99. The molecule has 1 atom stereocenters. The summed E-state index contributed by atoms with van der Waals surface area (Å²) in [6, 6.07) is -1.03. The van der Waals surface area contributed by atoms with Crippen LogP contribution in [0.4, 0.5) is 4.79 Å². The van der Waals surface area contributed by atoms with E-state index >= 15 is 0 Å². The molecule has 0 saturated carbocycles. The first-order chi connectivity index (χ1) is 7.13. The smallest absolute Gasteiger partial charge is 0.407 e. The van der Waals surface area contributed by atoms with Crippen LogP contribution in [-0.2, 0) is 16.0 Å². The lowest BCUT2D eigenvalue weighted by atomic mass is 10.2. The van der Waals surface area contributed by atoms with Crippen molar-refractivity contribution in [3.63, 3.8) is 0 Å². The molecule has 1 rings (SSSR count). The number of aliphatic carboxylic acids is 1. The van der Waals surface area contributed by atoms with Crippen molar-refractivity contribution in [1.82, 2.24) is 15.3 Å². The first-order valence-corrected chi connectivity index (χ1v) is 4.18. The summed E-state index contributed by atoms with van der Waals surface area (Å²) in [7, 11) is 1.17. The zero-order valence-corrected chi connectivity index (χ0v) is 8.06. The number of carbonyl (C=O) groups is 2. The molecule has 1 heterocycles. The molecule has 15 heavy (non-hydrogen) atoms. The maximum atomic E-state index is 10.8. The van der Waals surface area contributed by atoms with Crippen LogP contribution in [-0.4, -0.2) is 40.3 Å². The third-order valence-corrected chi connectivity index (χ3v) is 1.75. The Morgan fingerprint density at radius 2 is 2.47 bits per heavy atom. The van der Waals surface area contributed by atoms with E-state index in [0.717, 1.165) is 0 Å². The molecule has 0 aromatic carbocycles. The van der Waals surface area contributed by atoms with Crippen LogP contribution >= 0.6 is 0 Å². The molecule has 7 heteroatoms. The Morgan fingerprint density at radius 1 is 1.73 bits per heavy atom. The van der Waals surface area contributed by atoms with E-state index in [4.69, 9.17) is 5.11 Å². The van der Waals surface area contributed by atoms with Gasteiger partial charge in [0.15, 0.2) is 0 Å². The van der Waals surface area contributed by atoms with E-state index < -0.39 is 18.1 Å². The van der Waals surface area contributed by atoms with Gasteiger partial charge < -0.3 is 20.1 Å². The van der Waals surface area contributed by atoms with Gasteiger partial charge in [0, 0.05) is 18.3 Å². The number of carboxylic acids is 1. The van der Waals surface area contributed by atoms with E-state index in [1.807, 2.05) is 0 Å². The summed E-state index contributed by atoms with van der Waals surface area (Å²) in [4.78, 5) is 28.1. The van der Waals surface area contributed by atoms with Gasteiger partial charge in [-0.2, -0.15) is 0 Å². The number of aromatic nitrogens is 2. The second kappa shape index (κ2) is 4.99. The molecule has 82 valence electrons. The average Bonchev–Trinajstić information content (AvgIpc) is 2.69. The van der Waals surface area contributed by atoms with Gasteiger partial charge in [-0.25, -0.2) is 14.6 Å². The number of nitrogens with zero attached hydrogens (tertiary/aromatic N) is 1. The molecule has 0 fully saturated rings. The van der Waals surface area contributed by atoms with Crippen molar-refractivity contribution >= 4 is 12.1 Å². The largest absolute Gasteiger partial charge is 0.480 e. The number of hydrogen-bond donors (Lipinski definition) is 3. The number of rotatable bonds is 4. The summed E-state index contributed by atoms with van der Waals surface area (Å²) in [5, 5.41) is 11.0. The van der Waals surface area contributed by atoms with Crippen LogP contribution in [0.2, 0.25) is 0 Å². The van der Waals surface area contributed by atoms with Crippen LogP contribution in [0.1, 0.15) is 5.69 Å². The number of carboxylic acid groups (broad SMARTS) is 1. The van der Waals surface area contributed by atoms with E-state index in [1.54, 1.807) is 0 Å². The highest BCUT2D eigenvalue weighted by atomic mass is 16.5. The Bertz CT molecular complexity index is 336. The SMILES string of the molecule is COC(=O)N[C@H](Cc1cnc[nH]1)C(=O)O. The van der Waals surface area contributed by atoms with Gasteiger partial charge in [-0.1, -0.05) is 0 Å². The summed E-state index contributed by atoms with van der Waals surface area (Å²) >= 11 is 0. The van der Waals surface area contributed by atoms with Crippen LogP contribution in [0.5, 0.6) is 0 Å². The Balaban J connectivity index is 2.59. The predicted octanol–water partition coefficient (Wildman–Crippen LogP) is -0.239. The van der Waals surface area contributed by atoms with Gasteiger partial charge in [-0.3, -0.25) is 0 Å². The topological polar surface area (TPSA) is 104 Å². The Morgan fingerprint density at radius 3 is 2.93 bits per heavy atom. The van der Waals surface area contributed by atoms with Crippen molar-refractivity contribution in [2.45, 2.75) is 12.5 Å². The minimum atomic E-state index is -1.13. The maximum absolute atomic E-state index is 10.8. The molecule has 1 aromatic rings. The normalized spacial score (nSPS) is 11.8. The van der Waals surface area contributed by atoms with Gasteiger partial charge in [-0.15, -0.1) is 0 Å². The van der Waals surface area contributed by atoms with Gasteiger partial charge in [0.25, 0.3) is 0 Å². The Kier molecular flexibility index (Phi) is 3.67. The number of amides is 1. The summed E-state index contributed by atoms with van der Waals surface area (Å²) < 4.78 is 4.31. The van der Waals surface area contributed by atoms with Crippen LogP contribution in [0.3, 0.4) is 0 Å². The monoisotopic (exact) mass is 213 g/mol. The van der Waals surface area contributed by atoms with E-state index in [9.17, 15) is 9.59 Å². The number of H-pyrrole nitrogens is 1. The molecule has 0 radical (unpaired) electrons. The van der Waals surface area contributed by atoms with Crippen molar-refractivity contribution in [1.29, 1.82) is 0 Å². The fraction of sp³-hybridized carbons (Fsp3) is 0.375. The summed E-state index contributed by atoms with van der Waals surface area (Å²) in [6.07, 6.45) is 2.29. The second-order valence-corrected chi connectivity index (χ2v) is 2.81. The van der Waals surface area contributed by atoms with Gasteiger partial charge in [0.2, 0.25) is 0 Å². The van der Waals surface area contributed by atoms with Crippen molar-refractivity contribution in [3.8, 4) is 0 Å². The fourth-order valence-electron chi connectivity index (χ4n) is 1.02. The minimum absolute atomic E-state index is 0.129. The molecule has 0 aliphatic heterocycles. The maximum Gasteiger partial charge on any atom is 0.407 e. The predicted molar refractivity (Wildman–Crippen MR) is 49.3 cm³/mol. The van der Waals surface area contributed by atoms with Crippen LogP contribution in [0, 0.1) is 0 Å². The Hall–Kier alpha value is -2.05. The number of nitrogens with one attached hydrogen (secondary N) is 2. The first-order valence-electron chi connectivity index (χ1n) is 4.18. The fourth-order valence-corrected chi connectivity index (χ4v) is 1.02. The zero-order valence-electron chi connectivity index (χ0n) is 8.06. The van der Waals surface area contributed by atoms with Crippen molar-refractivity contribution in [3.05, 3.63) is 18.2 Å². The molecule has 0 unspecified atom stereocenters. The second-order valence-electron chi connectivity index (χ2n) is 2.81. The molecule has 0 saturated heterocycles. The summed E-state index contributed by atoms with van der Waals surface area (Å²) in [5.74, 6) is -1.13. The average molecular weight is 213 g/mol. The quantitative estimate of drug-likeness (QED) is 0.640. The molecule has 1 amide bonds. The standard InChI is InChI=1S/C8H11N3O4/c1-15-8(14)11-6(7(12)13)2-5-3-9-4-10-5/h3-4,6H,2H2,1H3,(H,9,10)(H,11,14)(H,12,13)/t6-/m1/s1. The third kappa shape index (κ3) is 3.29. The number of ether oxygens (including phenoxy) is 1. The zero-order chi connectivity index (χ0) is 11.3. The lowest BCUT2D eigenvalue weighted by molar-refractivity contribution is -0.139. The number of hydrogen-bond acceptors (Lipinski definition) is 4. The molecule has 0 spiro atoms. The Labute approximate surface area is 85.5 Å². The molecular formula is C8H11N3O4. The minimum Gasteiger partial charge on any atom is -0.480 e. The molecule has 1 aromatic heterocycles. The van der Waals surface area contributed by atoms with Gasteiger partial charge in [0.1, 0.15) is 6.04 Å². The molecule has 3 N–H and O–H groups in total. The number of methoxy groups -OCH3 is 1. The van der Waals surface area contributed by atoms with Crippen LogP contribution in [0.25, 0.3) is 0 Å². The molecule has 0 aliphatic rings. The number of aromatic amines is 1. The van der Waals surface area contributed by atoms with Gasteiger partial charge in [-0.05, 0) is 0 Å². The number of alkyl carbamates (subject to hydrolysis) is 1. The molecule has 0 bridgehead atoms. The highest BCUT2D eigenvalue weighted by Gasteiger charge is 2.21. The van der Waals surface area contributed by atoms with E-state index in [2.05, 4.69) is 20.0 Å². The highest BCUT2D eigenvalue weighted by molar-refractivity contribution is 5.80. The molecule has 7 nitrogen and oxygen atoms in total. The van der Waals surface area contributed by atoms with Gasteiger partial charge in [0.05, 0.1) is 13.4 Å².